The van der Waals surface area contributed by atoms with Gasteiger partial charge in [0.15, 0.2) is 0 Å². The second-order valence-corrected chi connectivity index (χ2v) is 6.64. The lowest BCUT2D eigenvalue weighted by Crippen LogP contribution is -2.37. The SMILES string of the molecule is CCN(CC)CCNCCN1CCCC(C)(C)CC1. The van der Waals surface area contributed by atoms with Gasteiger partial charge in [-0.3, -0.25) is 0 Å². The van der Waals surface area contributed by atoms with Crippen molar-refractivity contribution in [2.24, 2.45) is 5.41 Å². The number of nitrogens with one attached hydrogen (secondary N) is 1. The summed E-state index contributed by atoms with van der Waals surface area (Å²) in [6.07, 6.45) is 4.11. The summed E-state index contributed by atoms with van der Waals surface area (Å²) in [5.74, 6) is 0. The second kappa shape index (κ2) is 8.93. The topological polar surface area (TPSA) is 18.5 Å². The number of hydrogen-bond donors (Lipinski definition) is 1. The van der Waals surface area contributed by atoms with Gasteiger partial charge in [0.1, 0.15) is 0 Å². The molecule has 0 amide bonds. The highest BCUT2D eigenvalue weighted by atomic mass is 15.2. The van der Waals surface area contributed by atoms with Crippen molar-refractivity contribution in [3.63, 3.8) is 0 Å². The molecule has 1 N–H and O–H groups in total. The Morgan fingerprint density at radius 2 is 1.79 bits per heavy atom. The molecular formula is C16H35N3. The van der Waals surface area contributed by atoms with Crippen LogP contribution in [0.2, 0.25) is 0 Å². The van der Waals surface area contributed by atoms with E-state index in [-0.39, 0.29) is 0 Å². The van der Waals surface area contributed by atoms with Gasteiger partial charge in [0.2, 0.25) is 0 Å². The average Bonchev–Trinajstić information content (AvgIpc) is 2.55. The maximum Gasteiger partial charge on any atom is 0.0107 e. The van der Waals surface area contributed by atoms with E-state index in [9.17, 15) is 0 Å². The van der Waals surface area contributed by atoms with E-state index < -0.39 is 0 Å². The largest absolute Gasteiger partial charge is 0.314 e. The van der Waals surface area contributed by atoms with E-state index in [2.05, 4.69) is 42.8 Å². The van der Waals surface area contributed by atoms with E-state index in [1.54, 1.807) is 0 Å². The van der Waals surface area contributed by atoms with Gasteiger partial charge >= 0.3 is 0 Å². The van der Waals surface area contributed by atoms with Gasteiger partial charge < -0.3 is 15.1 Å². The molecule has 1 fully saturated rings. The van der Waals surface area contributed by atoms with Gasteiger partial charge in [0, 0.05) is 26.2 Å². The number of likely N-dealkylation sites (N-methyl/N-ethyl adjacent to an activating group) is 1. The molecule has 0 spiro atoms. The number of nitrogens with zero attached hydrogens (tertiary/aromatic N) is 2. The summed E-state index contributed by atoms with van der Waals surface area (Å²) < 4.78 is 0. The third-order valence-corrected chi connectivity index (χ3v) is 4.54. The summed E-state index contributed by atoms with van der Waals surface area (Å²) in [5.41, 5.74) is 0.560. The van der Waals surface area contributed by atoms with E-state index in [1.807, 2.05) is 0 Å². The lowest BCUT2D eigenvalue weighted by molar-refractivity contribution is 0.257. The quantitative estimate of drug-likeness (QED) is 0.683. The van der Waals surface area contributed by atoms with Crippen molar-refractivity contribution >= 4 is 0 Å². The Bertz CT molecular complexity index is 224. The van der Waals surface area contributed by atoms with E-state index in [0.717, 1.165) is 13.1 Å². The highest BCUT2D eigenvalue weighted by molar-refractivity contribution is 4.76. The van der Waals surface area contributed by atoms with Crippen molar-refractivity contribution in [3.05, 3.63) is 0 Å². The number of likely N-dealkylation sites (tertiary alicyclic amines) is 1. The first-order valence-corrected chi connectivity index (χ1v) is 8.23. The molecule has 1 aliphatic heterocycles. The summed E-state index contributed by atoms with van der Waals surface area (Å²) in [5, 5.41) is 3.59. The Balaban J connectivity index is 2.06. The van der Waals surface area contributed by atoms with Crippen LogP contribution in [-0.4, -0.2) is 62.2 Å². The molecule has 3 heteroatoms. The van der Waals surface area contributed by atoms with Crippen LogP contribution < -0.4 is 5.32 Å². The van der Waals surface area contributed by atoms with Crippen molar-refractivity contribution in [1.29, 1.82) is 0 Å². The van der Waals surface area contributed by atoms with E-state index in [1.165, 1.54) is 58.5 Å². The van der Waals surface area contributed by atoms with Gasteiger partial charge in [-0.25, -0.2) is 0 Å². The lowest BCUT2D eigenvalue weighted by atomic mass is 9.85. The molecule has 1 rings (SSSR count). The summed E-state index contributed by atoms with van der Waals surface area (Å²) >= 11 is 0. The summed E-state index contributed by atoms with van der Waals surface area (Å²) in [6.45, 7) is 18.9. The predicted octanol–water partition coefficient (Wildman–Crippen LogP) is 2.43. The fraction of sp³-hybridized carbons (Fsp3) is 1.00. The number of hydrogen-bond acceptors (Lipinski definition) is 3. The van der Waals surface area contributed by atoms with Crippen LogP contribution in [-0.2, 0) is 0 Å². The summed E-state index contributed by atoms with van der Waals surface area (Å²) in [6, 6.07) is 0. The Kier molecular flexibility index (Phi) is 7.96. The molecule has 0 atom stereocenters. The Morgan fingerprint density at radius 1 is 1.05 bits per heavy atom. The standard InChI is InChI=1S/C16H35N3/c1-5-18(6-2)14-10-17-11-15-19-12-7-8-16(3,4)9-13-19/h17H,5-15H2,1-4H3. The average molecular weight is 269 g/mol. The van der Waals surface area contributed by atoms with Crippen LogP contribution in [0.25, 0.3) is 0 Å². The number of rotatable bonds is 8. The molecule has 1 saturated heterocycles. The molecule has 0 bridgehead atoms. The zero-order valence-corrected chi connectivity index (χ0v) is 13.7. The molecule has 114 valence electrons. The van der Waals surface area contributed by atoms with Crippen LogP contribution >= 0.6 is 0 Å². The first kappa shape index (κ1) is 16.9. The Morgan fingerprint density at radius 3 is 2.47 bits per heavy atom. The molecule has 1 aliphatic rings. The monoisotopic (exact) mass is 269 g/mol. The zero-order chi connectivity index (χ0) is 14.1. The van der Waals surface area contributed by atoms with Gasteiger partial charge in [-0.2, -0.15) is 0 Å². The van der Waals surface area contributed by atoms with Gasteiger partial charge in [0.05, 0.1) is 0 Å². The minimum absolute atomic E-state index is 0.560. The van der Waals surface area contributed by atoms with Crippen molar-refractivity contribution in [1.82, 2.24) is 15.1 Å². The van der Waals surface area contributed by atoms with E-state index in [4.69, 9.17) is 0 Å². The van der Waals surface area contributed by atoms with Crippen LogP contribution in [0.3, 0.4) is 0 Å². The van der Waals surface area contributed by atoms with Crippen LogP contribution in [0, 0.1) is 5.41 Å². The molecule has 0 saturated carbocycles. The van der Waals surface area contributed by atoms with Crippen molar-refractivity contribution < 1.29 is 0 Å². The fourth-order valence-electron chi connectivity index (χ4n) is 2.84. The van der Waals surface area contributed by atoms with Crippen LogP contribution in [0.5, 0.6) is 0 Å². The predicted molar refractivity (Wildman–Crippen MR) is 84.7 cm³/mol. The highest BCUT2D eigenvalue weighted by Gasteiger charge is 2.22. The Hall–Kier alpha value is -0.120. The summed E-state index contributed by atoms with van der Waals surface area (Å²) in [7, 11) is 0. The molecule has 19 heavy (non-hydrogen) atoms. The second-order valence-electron chi connectivity index (χ2n) is 6.64. The minimum Gasteiger partial charge on any atom is -0.314 e. The molecular weight excluding hydrogens is 234 g/mol. The van der Waals surface area contributed by atoms with Crippen molar-refractivity contribution in [2.45, 2.75) is 47.0 Å². The summed E-state index contributed by atoms with van der Waals surface area (Å²) in [4.78, 5) is 5.11. The molecule has 1 heterocycles. The third kappa shape index (κ3) is 7.28. The van der Waals surface area contributed by atoms with E-state index in [0.29, 0.717) is 5.41 Å². The molecule has 0 aromatic rings. The normalized spacial score (nSPS) is 20.7. The molecule has 0 unspecified atom stereocenters. The molecule has 0 aliphatic carbocycles. The lowest BCUT2D eigenvalue weighted by Gasteiger charge is -2.23. The van der Waals surface area contributed by atoms with Crippen molar-refractivity contribution in [2.75, 3.05) is 52.4 Å². The smallest absolute Gasteiger partial charge is 0.0107 e. The molecule has 0 radical (unpaired) electrons. The zero-order valence-electron chi connectivity index (χ0n) is 13.7. The van der Waals surface area contributed by atoms with Gasteiger partial charge in [-0.15, -0.1) is 0 Å². The van der Waals surface area contributed by atoms with Gasteiger partial charge in [-0.05, 0) is 50.9 Å². The van der Waals surface area contributed by atoms with Gasteiger partial charge in [-0.1, -0.05) is 27.7 Å². The maximum atomic E-state index is 3.59. The van der Waals surface area contributed by atoms with Crippen LogP contribution in [0.15, 0.2) is 0 Å². The molecule has 0 aromatic heterocycles. The third-order valence-electron chi connectivity index (χ3n) is 4.54. The van der Waals surface area contributed by atoms with Crippen LogP contribution in [0.4, 0.5) is 0 Å². The first-order chi connectivity index (χ1) is 9.07. The fourth-order valence-corrected chi connectivity index (χ4v) is 2.84. The Labute approximate surface area is 120 Å². The van der Waals surface area contributed by atoms with Crippen molar-refractivity contribution in [3.8, 4) is 0 Å². The van der Waals surface area contributed by atoms with Gasteiger partial charge in [0.25, 0.3) is 0 Å². The first-order valence-electron chi connectivity index (χ1n) is 8.23. The molecule has 0 aromatic carbocycles. The van der Waals surface area contributed by atoms with Crippen LogP contribution in [0.1, 0.15) is 47.0 Å². The minimum atomic E-state index is 0.560. The van der Waals surface area contributed by atoms with E-state index >= 15 is 0 Å². The highest BCUT2D eigenvalue weighted by Crippen LogP contribution is 2.29. The molecule has 3 nitrogen and oxygen atoms in total. The maximum absolute atomic E-state index is 3.59.